The number of carbonyl (C=O) groups is 1. The number of fused-ring (bicyclic) bond motifs is 1. The van der Waals surface area contributed by atoms with Gasteiger partial charge in [0.15, 0.2) is 0 Å². The molecule has 0 bridgehead atoms. The summed E-state index contributed by atoms with van der Waals surface area (Å²) in [6.07, 6.45) is 2.35. The number of alkyl carbamates (subject to hydrolysis) is 1. The highest BCUT2D eigenvalue weighted by molar-refractivity contribution is 5.69. The van der Waals surface area contributed by atoms with Crippen molar-refractivity contribution in [2.45, 2.75) is 52.8 Å². The van der Waals surface area contributed by atoms with Gasteiger partial charge in [-0.05, 0) is 29.5 Å². The van der Waals surface area contributed by atoms with E-state index in [0.717, 1.165) is 23.4 Å². The lowest BCUT2D eigenvalue weighted by molar-refractivity contribution is 0.129. The van der Waals surface area contributed by atoms with E-state index < -0.39 is 6.09 Å². The maximum Gasteiger partial charge on any atom is 0.408 e. The van der Waals surface area contributed by atoms with Crippen LogP contribution in [-0.2, 0) is 11.3 Å². The van der Waals surface area contributed by atoms with Crippen molar-refractivity contribution in [1.29, 1.82) is 0 Å². The molecule has 3 atom stereocenters. The molecule has 3 rings (SSSR count). The van der Waals surface area contributed by atoms with E-state index in [-0.39, 0.29) is 30.0 Å². The summed E-state index contributed by atoms with van der Waals surface area (Å²) >= 11 is 0. The summed E-state index contributed by atoms with van der Waals surface area (Å²) in [5.74, 6) is 0.191. The Labute approximate surface area is 161 Å². The Bertz CT molecular complexity index is 771. The normalized spacial score (nSPS) is 21.7. The molecule has 5 nitrogen and oxygen atoms in total. The van der Waals surface area contributed by atoms with Crippen LogP contribution >= 0.6 is 0 Å². The Balaban J connectivity index is 1.72. The van der Waals surface area contributed by atoms with E-state index in [1.807, 2.05) is 42.5 Å². The van der Waals surface area contributed by atoms with Crippen LogP contribution in [0.2, 0.25) is 0 Å². The lowest BCUT2D eigenvalue weighted by Gasteiger charge is -2.40. The molecule has 0 spiro atoms. The Morgan fingerprint density at radius 1 is 1.19 bits per heavy atom. The van der Waals surface area contributed by atoms with Crippen LogP contribution in [0.5, 0.6) is 0 Å². The summed E-state index contributed by atoms with van der Waals surface area (Å²) in [5.41, 5.74) is 3.00. The molecular weight excluding hydrogens is 338 g/mol. The maximum absolute atomic E-state index is 12.5. The van der Waals surface area contributed by atoms with Gasteiger partial charge in [0.05, 0.1) is 17.4 Å². The van der Waals surface area contributed by atoms with Gasteiger partial charge in [-0.3, -0.25) is 4.98 Å². The number of nitrogens with one attached hydrogen (secondary N) is 2. The number of benzene rings is 1. The Morgan fingerprint density at radius 2 is 1.93 bits per heavy atom. The van der Waals surface area contributed by atoms with E-state index in [1.165, 1.54) is 0 Å². The maximum atomic E-state index is 12.5. The van der Waals surface area contributed by atoms with Gasteiger partial charge >= 0.3 is 6.09 Å². The fourth-order valence-electron chi connectivity index (χ4n) is 3.59. The van der Waals surface area contributed by atoms with Crippen molar-refractivity contribution in [2.75, 3.05) is 5.32 Å². The molecular formula is C22H29N3O2. The van der Waals surface area contributed by atoms with Crippen molar-refractivity contribution in [2.24, 2.45) is 11.3 Å². The van der Waals surface area contributed by atoms with Crippen LogP contribution in [0, 0.1) is 11.3 Å². The van der Waals surface area contributed by atoms with Gasteiger partial charge in [0.2, 0.25) is 0 Å². The van der Waals surface area contributed by atoms with Gasteiger partial charge in [0.25, 0.3) is 0 Å². The Hall–Kier alpha value is -2.56. The highest BCUT2D eigenvalue weighted by Gasteiger charge is 2.37. The Morgan fingerprint density at radius 3 is 2.63 bits per heavy atom. The van der Waals surface area contributed by atoms with Crippen LogP contribution < -0.4 is 10.6 Å². The topological polar surface area (TPSA) is 63.2 Å². The smallest absolute Gasteiger partial charge is 0.408 e. The number of amides is 1. The van der Waals surface area contributed by atoms with Gasteiger partial charge < -0.3 is 15.4 Å². The Kier molecular flexibility index (Phi) is 5.68. The highest BCUT2D eigenvalue weighted by atomic mass is 16.5. The van der Waals surface area contributed by atoms with E-state index >= 15 is 0 Å². The second-order valence-electron chi connectivity index (χ2n) is 8.49. The number of pyridine rings is 1. The van der Waals surface area contributed by atoms with Crippen molar-refractivity contribution in [3.63, 3.8) is 0 Å². The molecule has 2 N–H and O–H groups in total. The molecule has 1 aliphatic rings. The minimum atomic E-state index is -0.413. The van der Waals surface area contributed by atoms with Crippen molar-refractivity contribution in [1.82, 2.24) is 10.3 Å². The quantitative estimate of drug-likeness (QED) is 0.805. The standard InChI is InChI=1S/C22H29N3O2/c1-15-18(13-22(2,3)4)24-17-11-8-12-23-20(17)19(15)25-21(26)27-14-16-9-6-5-7-10-16/h5-12,15,18-19,24H,13-14H2,1-4H3,(H,25,26)/t15-,18-,19+/m0/s1. The van der Waals surface area contributed by atoms with Gasteiger partial charge in [-0.2, -0.15) is 0 Å². The largest absolute Gasteiger partial charge is 0.445 e. The molecule has 1 aromatic heterocycles. The number of nitrogens with zero attached hydrogens (tertiary/aromatic N) is 1. The molecule has 0 radical (unpaired) electrons. The number of ether oxygens (including phenoxy) is 1. The summed E-state index contributed by atoms with van der Waals surface area (Å²) in [4.78, 5) is 17.0. The molecule has 0 saturated heterocycles. The first kappa shape index (κ1) is 19.2. The number of aromatic nitrogens is 1. The number of hydrogen-bond donors (Lipinski definition) is 2. The van der Waals surface area contributed by atoms with Crippen LogP contribution in [0.4, 0.5) is 10.5 Å². The zero-order valence-corrected chi connectivity index (χ0v) is 16.5. The molecule has 0 fully saturated rings. The van der Waals surface area contributed by atoms with E-state index in [2.05, 4.69) is 43.3 Å². The molecule has 5 heteroatoms. The van der Waals surface area contributed by atoms with Crippen LogP contribution in [0.15, 0.2) is 48.7 Å². The first-order chi connectivity index (χ1) is 12.8. The number of carbonyl (C=O) groups excluding carboxylic acids is 1. The van der Waals surface area contributed by atoms with E-state index in [4.69, 9.17) is 4.74 Å². The second-order valence-corrected chi connectivity index (χ2v) is 8.49. The van der Waals surface area contributed by atoms with Gasteiger partial charge in [-0.15, -0.1) is 0 Å². The van der Waals surface area contributed by atoms with E-state index in [0.29, 0.717) is 0 Å². The summed E-state index contributed by atoms with van der Waals surface area (Å²) in [5, 5.41) is 6.66. The highest BCUT2D eigenvalue weighted by Crippen LogP contribution is 2.39. The van der Waals surface area contributed by atoms with Gasteiger partial charge in [-0.25, -0.2) is 4.79 Å². The van der Waals surface area contributed by atoms with Gasteiger partial charge in [0, 0.05) is 18.2 Å². The molecule has 0 aliphatic carbocycles. The molecule has 0 unspecified atom stereocenters. The molecule has 2 heterocycles. The molecule has 1 aromatic carbocycles. The number of anilines is 1. The van der Waals surface area contributed by atoms with E-state index in [9.17, 15) is 4.79 Å². The molecule has 0 saturated carbocycles. The summed E-state index contributed by atoms with van der Waals surface area (Å²) in [6, 6.07) is 13.7. The number of hydrogen-bond acceptors (Lipinski definition) is 4. The minimum absolute atomic E-state index is 0.182. The second kappa shape index (κ2) is 7.99. The van der Waals surface area contributed by atoms with Crippen molar-refractivity contribution >= 4 is 11.8 Å². The summed E-state index contributed by atoms with van der Waals surface area (Å²) in [7, 11) is 0. The first-order valence-corrected chi connectivity index (χ1v) is 9.52. The van der Waals surface area contributed by atoms with Gasteiger partial charge in [0.1, 0.15) is 6.61 Å². The lowest BCUT2D eigenvalue weighted by Crippen LogP contribution is -2.45. The van der Waals surface area contributed by atoms with Crippen LogP contribution in [0.25, 0.3) is 0 Å². The molecule has 144 valence electrons. The van der Waals surface area contributed by atoms with Crippen molar-refractivity contribution < 1.29 is 9.53 Å². The third-order valence-electron chi connectivity index (χ3n) is 4.95. The SMILES string of the molecule is C[C@H]1[C@H](CC(C)(C)C)Nc2cccnc2[C@@H]1NC(=O)OCc1ccccc1. The average Bonchev–Trinajstić information content (AvgIpc) is 2.63. The molecule has 2 aromatic rings. The predicted octanol–water partition coefficient (Wildman–Crippen LogP) is 4.92. The molecule has 1 aliphatic heterocycles. The fraction of sp³-hybridized carbons (Fsp3) is 0.455. The molecule has 27 heavy (non-hydrogen) atoms. The predicted molar refractivity (Wildman–Crippen MR) is 107 cm³/mol. The monoisotopic (exact) mass is 367 g/mol. The third-order valence-corrected chi connectivity index (χ3v) is 4.95. The molecule has 1 amide bonds. The average molecular weight is 367 g/mol. The third kappa shape index (κ3) is 5.00. The first-order valence-electron chi connectivity index (χ1n) is 9.52. The van der Waals surface area contributed by atoms with Crippen LogP contribution in [0.3, 0.4) is 0 Å². The van der Waals surface area contributed by atoms with Crippen molar-refractivity contribution in [3.05, 3.63) is 59.9 Å². The lowest BCUT2D eigenvalue weighted by atomic mass is 9.78. The number of rotatable bonds is 4. The summed E-state index contributed by atoms with van der Waals surface area (Å²) < 4.78 is 5.43. The minimum Gasteiger partial charge on any atom is -0.445 e. The van der Waals surface area contributed by atoms with Crippen LogP contribution in [-0.4, -0.2) is 17.1 Å². The summed E-state index contributed by atoms with van der Waals surface area (Å²) in [6.45, 7) is 9.11. The van der Waals surface area contributed by atoms with Crippen molar-refractivity contribution in [3.8, 4) is 0 Å². The zero-order valence-electron chi connectivity index (χ0n) is 16.5. The van der Waals surface area contributed by atoms with Gasteiger partial charge in [-0.1, -0.05) is 58.0 Å². The fourth-order valence-corrected chi connectivity index (χ4v) is 3.59. The van der Waals surface area contributed by atoms with E-state index in [1.54, 1.807) is 6.20 Å². The zero-order chi connectivity index (χ0) is 19.4. The van der Waals surface area contributed by atoms with Crippen LogP contribution in [0.1, 0.15) is 51.4 Å².